The molecule has 0 saturated heterocycles. The minimum atomic E-state index is -1.42. The Morgan fingerprint density at radius 1 is 0.971 bits per heavy atom. The molecular weight excluding hydrogens is 442 g/mol. The van der Waals surface area contributed by atoms with Crippen LogP contribution in [0.2, 0.25) is 19.6 Å². The number of urea groups is 1. The van der Waals surface area contributed by atoms with Gasteiger partial charge in [-0.1, -0.05) is 49.1 Å². The summed E-state index contributed by atoms with van der Waals surface area (Å²) in [7, 11) is 0.147. The number of carbonyl (C=O) groups excluding carboxylic acids is 2. The molecule has 174 valence electrons. The van der Waals surface area contributed by atoms with E-state index in [1.54, 1.807) is 13.2 Å². The maximum absolute atomic E-state index is 13.0. The van der Waals surface area contributed by atoms with Gasteiger partial charge in [-0.25, -0.2) is 9.78 Å². The van der Waals surface area contributed by atoms with E-state index in [4.69, 9.17) is 0 Å². The van der Waals surface area contributed by atoms with E-state index in [0.29, 0.717) is 16.9 Å². The Labute approximate surface area is 200 Å². The molecule has 2 aromatic carbocycles. The first-order valence-electron chi connectivity index (χ1n) is 11.1. The highest BCUT2D eigenvalue weighted by molar-refractivity contribution is 6.88. The summed E-state index contributed by atoms with van der Waals surface area (Å²) in [5, 5.41) is 9.77. The third kappa shape index (κ3) is 4.72. The number of pyridine rings is 1. The topological polar surface area (TPSA) is 87.5 Å². The summed E-state index contributed by atoms with van der Waals surface area (Å²) in [6.45, 7) is 8.83. The van der Waals surface area contributed by atoms with Gasteiger partial charge in [0.2, 0.25) is 0 Å². The van der Waals surface area contributed by atoms with Gasteiger partial charge in [-0.15, -0.1) is 0 Å². The first kappa shape index (κ1) is 23.3. The number of benzene rings is 2. The van der Waals surface area contributed by atoms with Crippen molar-refractivity contribution in [1.29, 1.82) is 0 Å². The molecule has 0 spiro atoms. The van der Waals surface area contributed by atoms with E-state index in [-0.39, 0.29) is 11.9 Å². The molecule has 0 aliphatic heterocycles. The van der Waals surface area contributed by atoms with Crippen LogP contribution in [0.4, 0.5) is 16.2 Å². The molecule has 4 rings (SSSR count). The first-order valence-corrected chi connectivity index (χ1v) is 14.6. The Morgan fingerprint density at radius 2 is 1.71 bits per heavy atom. The van der Waals surface area contributed by atoms with Crippen LogP contribution in [0.15, 0.2) is 67.1 Å². The van der Waals surface area contributed by atoms with Crippen molar-refractivity contribution in [3.05, 3.63) is 78.2 Å². The summed E-state index contributed by atoms with van der Waals surface area (Å²) in [6.07, 6.45) is 5.48. The zero-order valence-corrected chi connectivity index (χ0v) is 21.1. The van der Waals surface area contributed by atoms with Crippen LogP contribution in [-0.4, -0.2) is 36.4 Å². The molecule has 3 N–H and O–H groups in total. The summed E-state index contributed by atoms with van der Waals surface area (Å²) < 4.78 is 1.87. The molecule has 3 amide bonds. The van der Waals surface area contributed by atoms with Crippen LogP contribution in [0.1, 0.15) is 15.9 Å². The van der Waals surface area contributed by atoms with Crippen LogP contribution in [0.25, 0.3) is 16.8 Å². The zero-order chi connectivity index (χ0) is 24.5. The van der Waals surface area contributed by atoms with Crippen molar-refractivity contribution in [2.45, 2.75) is 26.6 Å². The maximum atomic E-state index is 13.0. The van der Waals surface area contributed by atoms with Crippen LogP contribution in [0.3, 0.4) is 0 Å². The average Bonchev–Trinajstić information content (AvgIpc) is 3.29. The monoisotopic (exact) mass is 471 g/mol. The molecule has 4 aromatic rings. The highest BCUT2D eigenvalue weighted by Gasteiger charge is 2.17. The number of carbonyl (C=O) groups is 2. The summed E-state index contributed by atoms with van der Waals surface area (Å²) in [6, 6.07) is 15.3. The summed E-state index contributed by atoms with van der Waals surface area (Å²) >= 11 is 0. The van der Waals surface area contributed by atoms with E-state index in [0.717, 1.165) is 22.4 Å². The number of anilines is 2. The predicted octanol–water partition coefficient (Wildman–Crippen LogP) is 4.86. The molecule has 2 aromatic heterocycles. The lowest BCUT2D eigenvalue weighted by molar-refractivity contribution is 0.102. The molecule has 0 saturated carbocycles. The van der Waals surface area contributed by atoms with Gasteiger partial charge in [0, 0.05) is 42.5 Å². The molecule has 2 heterocycles. The number of aromatic nitrogens is 2. The highest BCUT2D eigenvalue weighted by Crippen LogP contribution is 2.31. The molecule has 34 heavy (non-hydrogen) atoms. The lowest BCUT2D eigenvalue weighted by Crippen LogP contribution is -2.37. The Hall–Kier alpha value is -3.91. The Morgan fingerprint density at radius 3 is 2.38 bits per heavy atom. The van der Waals surface area contributed by atoms with Gasteiger partial charge in [-0.3, -0.25) is 4.79 Å². The van der Waals surface area contributed by atoms with Crippen LogP contribution < -0.4 is 21.1 Å². The molecule has 8 heteroatoms. The molecule has 0 aliphatic rings. The lowest BCUT2D eigenvalue weighted by Gasteiger charge is -2.17. The van der Waals surface area contributed by atoms with Gasteiger partial charge < -0.3 is 20.4 Å². The predicted molar refractivity (Wildman–Crippen MR) is 141 cm³/mol. The second kappa shape index (κ2) is 9.15. The number of fused-ring (bicyclic) bond motifs is 1. The SMILES string of the molecule is CNC(=O)Nc1cc(-c2cccc(NC(=O)c3ccc([Si](C)(C)C)cc3)c2C)cn2ccnc12. The maximum Gasteiger partial charge on any atom is 0.319 e. The number of hydrogen-bond acceptors (Lipinski definition) is 3. The number of nitrogens with one attached hydrogen (secondary N) is 3. The fourth-order valence-electron chi connectivity index (χ4n) is 3.86. The van der Waals surface area contributed by atoms with Crippen LogP contribution >= 0.6 is 0 Å². The van der Waals surface area contributed by atoms with Gasteiger partial charge >= 0.3 is 6.03 Å². The van der Waals surface area contributed by atoms with Crippen LogP contribution in [-0.2, 0) is 0 Å². The molecule has 0 fully saturated rings. The van der Waals surface area contributed by atoms with E-state index in [1.165, 1.54) is 5.19 Å². The van der Waals surface area contributed by atoms with E-state index >= 15 is 0 Å². The van der Waals surface area contributed by atoms with Crippen molar-refractivity contribution >= 4 is 42.2 Å². The first-order chi connectivity index (χ1) is 16.2. The molecule has 0 aliphatic carbocycles. The van der Waals surface area contributed by atoms with Crippen LogP contribution in [0, 0.1) is 6.92 Å². The Kier molecular flexibility index (Phi) is 6.26. The standard InChI is InChI=1S/C26H29N5O2Si/c1-17-21(19-15-23(30-26(33)27-2)24-28-13-14-31(24)16-19)7-6-8-22(17)29-25(32)18-9-11-20(12-10-18)34(3,4)5/h6-16H,1-5H3,(H,29,32)(H2,27,30,33). The molecule has 0 unspecified atom stereocenters. The number of imidazole rings is 1. The summed E-state index contributed by atoms with van der Waals surface area (Å²) in [5.74, 6) is -0.144. The molecule has 0 radical (unpaired) electrons. The van der Waals surface area contributed by atoms with Gasteiger partial charge in [0.1, 0.15) is 0 Å². The van der Waals surface area contributed by atoms with E-state index in [1.807, 2.05) is 60.1 Å². The van der Waals surface area contributed by atoms with Gasteiger partial charge in [0.15, 0.2) is 5.65 Å². The second-order valence-electron chi connectivity index (χ2n) is 9.26. The summed E-state index contributed by atoms with van der Waals surface area (Å²) in [5.41, 5.74) is 5.38. The van der Waals surface area contributed by atoms with Crippen molar-refractivity contribution in [1.82, 2.24) is 14.7 Å². The fraction of sp³-hybridized carbons (Fsp3) is 0.192. The van der Waals surface area contributed by atoms with Gasteiger partial charge in [0.25, 0.3) is 5.91 Å². The van der Waals surface area contributed by atoms with Gasteiger partial charge in [-0.2, -0.15) is 0 Å². The average molecular weight is 472 g/mol. The van der Waals surface area contributed by atoms with Crippen molar-refractivity contribution in [2.24, 2.45) is 0 Å². The molecular formula is C26H29N5O2Si. The molecule has 7 nitrogen and oxygen atoms in total. The normalized spacial score (nSPS) is 11.3. The summed E-state index contributed by atoms with van der Waals surface area (Å²) in [4.78, 5) is 29.2. The minimum absolute atomic E-state index is 0.144. The lowest BCUT2D eigenvalue weighted by atomic mass is 10.00. The smallest absolute Gasteiger partial charge is 0.319 e. The van der Waals surface area contributed by atoms with E-state index < -0.39 is 8.07 Å². The van der Waals surface area contributed by atoms with E-state index in [9.17, 15) is 9.59 Å². The van der Waals surface area contributed by atoms with Crippen molar-refractivity contribution in [3.63, 3.8) is 0 Å². The van der Waals surface area contributed by atoms with Gasteiger partial charge in [0.05, 0.1) is 13.8 Å². The number of rotatable bonds is 5. The second-order valence-corrected chi connectivity index (χ2v) is 14.3. The number of amides is 3. The highest BCUT2D eigenvalue weighted by atomic mass is 28.3. The zero-order valence-electron chi connectivity index (χ0n) is 20.1. The Balaban J connectivity index is 1.65. The minimum Gasteiger partial charge on any atom is -0.341 e. The number of hydrogen-bond donors (Lipinski definition) is 3. The third-order valence-corrected chi connectivity index (χ3v) is 7.93. The quantitative estimate of drug-likeness (QED) is 0.363. The Bertz CT molecular complexity index is 1370. The van der Waals surface area contributed by atoms with E-state index in [2.05, 4.69) is 52.7 Å². The fourth-order valence-corrected chi connectivity index (χ4v) is 5.02. The molecule has 0 bridgehead atoms. The third-order valence-electron chi connectivity index (χ3n) is 5.87. The van der Waals surface area contributed by atoms with Crippen molar-refractivity contribution < 1.29 is 9.59 Å². The molecule has 0 atom stereocenters. The van der Waals surface area contributed by atoms with Crippen molar-refractivity contribution in [2.75, 3.05) is 17.7 Å². The van der Waals surface area contributed by atoms with Crippen LogP contribution in [0.5, 0.6) is 0 Å². The number of nitrogens with zero attached hydrogens (tertiary/aromatic N) is 2. The van der Waals surface area contributed by atoms with Gasteiger partial charge in [-0.05, 0) is 42.3 Å². The van der Waals surface area contributed by atoms with Crippen molar-refractivity contribution in [3.8, 4) is 11.1 Å². The largest absolute Gasteiger partial charge is 0.341 e.